The smallest absolute Gasteiger partial charge is 0.272 e. The molecule has 0 aliphatic carbocycles. The van der Waals surface area contributed by atoms with Crippen LogP contribution in [0.4, 0.5) is 11.4 Å². The number of anilines is 1. The van der Waals surface area contributed by atoms with E-state index in [9.17, 15) is 10.1 Å². The summed E-state index contributed by atoms with van der Waals surface area (Å²) < 4.78 is 0. The van der Waals surface area contributed by atoms with E-state index in [1.165, 1.54) is 6.07 Å². The molecule has 0 unspecified atom stereocenters. The van der Waals surface area contributed by atoms with E-state index in [4.69, 9.17) is 5.11 Å². The van der Waals surface area contributed by atoms with Crippen LogP contribution in [0.5, 0.6) is 0 Å². The van der Waals surface area contributed by atoms with Crippen molar-refractivity contribution in [3.63, 3.8) is 0 Å². The third-order valence-corrected chi connectivity index (χ3v) is 2.62. The number of hydrogen-bond donors (Lipinski definition) is 2. The molecule has 0 heterocycles. The summed E-state index contributed by atoms with van der Waals surface area (Å²) in [5.41, 5.74) is 1.54. The van der Waals surface area contributed by atoms with Crippen molar-refractivity contribution >= 4 is 11.4 Å². The summed E-state index contributed by atoms with van der Waals surface area (Å²) in [5.74, 6) is 0. The van der Waals surface area contributed by atoms with Gasteiger partial charge in [-0.25, -0.2) is 0 Å². The maximum absolute atomic E-state index is 10.7. The van der Waals surface area contributed by atoms with Crippen LogP contribution in [0.25, 0.3) is 0 Å². The summed E-state index contributed by atoms with van der Waals surface area (Å²) in [6.45, 7) is 3.81. The number of nitro benzene ring substituents is 1. The highest BCUT2D eigenvalue weighted by molar-refractivity contribution is 5.54. The summed E-state index contributed by atoms with van der Waals surface area (Å²) in [5, 5.41) is 23.0. The zero-order valence-corrected chi connectivity index (χ0v) is 10.1. The molecular weight excluding hydrogens is 220 g/mol. The fraction of sp³-hybridized carbons (Fsp3) is 0.500. The molecule has 0 bridgehead atoms. The van der Waals surface area contributed by atoms with Gasteiger partial charge in [-0.1, -0.05) is 13.3 Å². The predicted molar refractivity (Wildman–Crippen MR) is 67.2 cm³/mol. The van der Waals surface area contributed by atoms with Gasteiger partial charge in [0, 0.05) is 23.4 Å². The quantitative estimate of drug-likeness (QED) is 0.589. The Labute approximate surface area is 101 Å². The zero-order valence-electron chi connectivity index (χ0n) is 10.1. The van der Waals surface area contributed by atoms with Gasteiger partial charge in [0.2, 0.25) is 0 Å². The van der Waals surface area contributed by atoms with Gasteiger partial charge >= 0.3 is 0 Å². The number of nitrogens with zero attached hydrogens (tertiary/aromatic N) is 1. The molecular formula is C12H18N2O3. The fourth-order valence-corrected chi connectivity index (χ4v) is 1.74. The normalized spacial score (nSPS) is 12.2. The van der Waals surface area contributed by atoms with Crippen LogP contribution < -0.4 is 5.32 Å². The molecule has 1 aromatic rings. The Kier molecular flexibility index (Phi) is 4.90. The summed E-state index contributed by atoms with van der Waals surface area (Å²) in [4.78, 5) is 10.3. The molecule has 17 heavy (non-hydrogen) atoms. The number of nitro groups is 1. The number of rotatable bonds is 6. The SMILES string of the molecule is CCC[C@@H](CO)Nc1ccc([N+](=O)[O-])c(C)c1. The Hall–Kier alpha value is -1.62. The largest absolute Gasteiger partial charge is 0.394 e. The predicted octanol–water partition coefficient (Wildman–Crippen LogP) is 2.48. The van der Waals surface area contributed by atoms with E-state index in [0.717, 1.165) is 18.5 Å². The van der Waals surface area contributed by atoms with Crippen molar-refractivity contribution in [3.05, 3.63) is 33.9 Å². The average molecular weight is 238 g/mol. The lowest BCUT2D eigenvalue weighted by Crippen LogP contribution is -2.23. The van der Waals surface area contributed by atoms with E-state index in [2.05, 4.69) is 5.32 Å². The van der Waals surface area contributed by atoms with E-state index in [1.54, 1.807) is 19.1 Å². The van der Waals surface area contributed by atoms with Gasteiger partial charge in [-0.05, 0) is 25.5 Å². The van der Waals surface area contributed by atoms with Crippen LogP contribution >= 0.6 is 0 Å². The maximum atomic E-state index is 10.7. The second-order valence-corrected chi connectivity index (χ2v) is 4.07. The minimum Gasteiger partial charge on any atom is -0.394 e. The molecule has 0 radical (unpaired) electrons. The molecule has 1 aromatic carbocycles. The molecule has 94 valence electrons. The van der Waals surface area contributed by atoms with Gasteiger partial charge in [0.15, 0.2) is 0 Å². The minimum atomic E-state index is -0.394. The number of benzene rings is 1. The highest BCUT2D eigenvalue weighted by Crippen LogP contribution is 2.22. The third-order valence-electron chi connectivity index (χ3n) is 2.62. The zero-order chi connectivity index (χ0) is 12.8. The van der Waals surface area contributed by atoms with E-state index in [-0.39, 0.29) is 18.3 Å². The lowest BCUT2D eigenvalue weighted by Gasteiger charge is -2.16. The topological polar surface area (TPSA) is 75.4 Å². The number of nitrogens with one attached hydrogen (secondary N) is 1. The Bertz CT molecular complexity index is 393. The third kappa shape index (κ3) is 3.71. The molecule has 0 amide bonds. The highest BCUT2D eigenvalue weighted by atomic mass is 16.6. The Morgan fingerprint density at radius 2 is 2.24 bits per heavy atom. The molecule has 0 aliphatic heterocycles. The molecule has 0 aromatic heterocycles. The molecule has 1 atom stereocenters. The Morgan fingerprint density at radius 3 is 2.71 bits per heavy atom. The summed E-state index contributed by atoms with van der Waals surface area (Å²) in [6.07, 6.45) is 1.84. The standard InChI is InChI=1S/C12H18N2O3/c1-3-4-11(8-15)13-10-5-6-12(14(16)17)9(2)7-10/h5-7,11,13,15H,3-4,8H2,1-2H3/t11-/m0/s1. The first-order valence-corrected chi connectivity index (χ1v) is 5.71. The van der Waals surface area contributed by atoms with Crippen molar-refractivity contribution in [2.24, 2.45) is 0 Å². The molecule has 2 N–H and O–H groups in total. The van der Waals surface area contributed by atoms with Crippen molar-refractivity contribution in [1.82, 2.24) is 0 Å². The number of aliphatic hydroxyl groups excluding tert-OH is 1. The molecule has 0 saturated carbocycles. The van der Waals surface area contributed by atoms with E-state index in [1.807, 2.05) is 6.92 Å². The monoisotopic (exact) mass is 238 g/mol. The van der Waals surface area contributed by atoms with Crippen LogP contribution in [0.3, 0.4) is 0 Å². The molecule has 1 rings (SSSR count). The first-order valence-electron chi connectivity index (χ1n) is 5.71. The van der Waals surface area contributed by atoms with Gasteiger partial charge in [-0.2, -0.15) is 0 Å². The highest BCUT2D eigenvalue weighted by Gasteiger charge is 2.11. The van der Waals surface area contributed by atoms with Crippen LogP contribution in [-0.2, 0) is 0 Å². The van der Waals surface area contributed by atoms with E-state index >= 15 is 0 Å². The molecule has 0 fully saturated rings. The average Bonchev–Trinajstić information content (AvgIpc) is 2.28. The van der Waals surface area contributed by atoms with Gasteiger partial charge in [0.25, 0.3) is 5.69 Å². The van der Waals surface area contributed by atoms with Crippen molar-refractivity contribution in [3.8, 4) is 0 Å². The lowest BCUT2D eigenvalue weighted by atomic mass is 10.1. The lowest BCUT2D eigenvalue weighted by molar-refractivity contribution is -0.385. The molecule has 5 nitrogen and oxygen atoms in total. The Morgan fingerprint density at radius 1 is 1.53 bits per heavy atom. The minimum absolute atomic E-state index is 0.000793. The maximum Gasteiger partial charge on any atom is 0.272 e. The number of hydrogen-bond acceptors (Lipinski definition) is 4. The van der Waals surface area contributed by atoms with Crippen LogP contribution in [0.2, 0.25) is 0 Å². The van der Waals surface area contributed by atoms with Crippen LogP contribution in [-0.4, -0.2) is 22.7 Å². The van der Waals surface area contributed by atoms with Crippen molar-refractivity contribution in [2.75, 3.05) is 11.9 Å². The summed E-state index contributed by atoms with van der Waals surface area (Å²) in [6, 6.07) is 4.89. The fourth-order valence-electron chi connectivity index (χ4n) is 1.74. The number of aliphatic hydroxyl groups is 1. The van der Waals surface area contributed by atoms with Crippen molar-refractivity contribution in [2.45, 2.75) is 32.7 Å². The Balaban J connectivity index is 2.79. The summed E-state index contributed by atoms with van der Waals surface area (Å²) in [7, 11) is 0. The van der Waals surface area contributed by atoms with Crippen molar-refractivity contribution < 1.29 is 10.0 Å². The first kappa shape index (κ1) is 13.4. The van der Waals surface area contributed by atoms with E-state index in [0.29, 0.717) is 5.56 Å². The van der Waals surface area contributed by atoms with Gasteiger partial charge in [0.1, 0.15) is 0 Å². The molecule has 0 saturated heterocycles. The molecule has 5 heteroatoms. The van der Waals surface area contributed by atoms with Gasteiger partial charge in [-0.15, -0.1) is 0 Å². The van der Waals surface area contributed by atoms with Gasteiger partial charge < -0.3 is 10.4 Å². The van der Waals surface area contributed by atoms with Crippen LogP contribution in [0, 0.1) is 17.0 Å². The second kappa shape index (κ2) is 6.20. The van der Waals surface area contributed by atoms with Crippen LogP contribution in [0.15, 0.2) is 18.2 Å². The first-order chi connectivity index (χ1) is 8.08. The van der Waals surface area contributed by atoms with Gasteiger partial charge in [-0.3, -0.25) is 10.1 Å². The van der Waals surface area contributed by atoms with E-state index < -0.39 is 4.92 Å². The van der Waals surface area contributed by atoms with Crippen molar-refractivity contribution in [1.29, 1.82) is 0 Å². The second-order valence-electron chi connectivity index (χ2n) is 4.07. The van der Waals surface area contributed by atoms with Gasteiger partial charge in [0.05, 0.1) is 11.5 Å². The van der Waals surface area contributed by atoms with Crippen LogP contribution in [0.1, 0.15) is 25.3 Å². The molecule has 0 spiro atoms. The summed E-state index contributed by atoms with van der Waals surface area (Å²) >= 11 is 0. The number of aryl methyl sites for hydroxylation is 1. The molecule has 0 aliphatic rings.